The van der Waals surface area contributed by atoms with E-state index in [1.807, 2.05) is 0 Å². The SMILES string of the molecule is COC(N)=O.[KH]. The van der Waals surface area contributed by atoms with Crippen LogP contribution in [-0.2, 0) is 4.74 Å². The molecule has 0 aliphatic carbocycles. The quantitative estimate of drug-likeness (QED) is 0.414. The molecule has 0 aromatic heterocycles. The summed E-state index contributed by atoms with van der Waals surface area (Å²) in [6, 6.07) is 0. The van der Waals surface area contributed by atoms with Crippen LogP contribution in [0.4, 0.5) is 4.79 Å². The molecule has 0 atom stereocenters. The number of rotatable bonds is 0. The Bertz CT molecular complexity index is 46.8. The number of carbonyl (C=O) groups is 1. The molecule has 0 saturated carbocycles. The van der Waals surface area contributed by atoms with Crippen molar-refractivity contribution in [1.29, 1.82) is 0 Å². The summed E-state index contributed by atoms with van der Waals surface area (Å²) in [6.07, 6.45) is -0.745. The first-order valence-electron chi connectivity index (χ1n) is 1.11. The second kappa shape index (κ2) is 5.91. The number of hydrogen-bond donors (Lipinski definition) is 1. The number of hydrogen-bond acceptors (Lipinski definition) is 2. The summed E-state index contributed by atoms with van der Waals surface area (Å²) >= 11 is 0. The Balaban J connectivity index is 0. The third kappa shape index (κ3) is 8.86. The fraction of sp³-hybridized carbons (Fsp3) is 0.500. The van der Waals surface area contributed by atoms with Crippen molar-refractivity contribution >= 4 is 57.5 Å². The van der Waals surface area contributed by atoms with Gasteiger partial charge in [-0.3, -0.25) is 0 Å². The molecule has 2 N–H and O–H groups in total. The number of nitrogens with two attached hydrogens (primary N) is 1. The molecule has 0 aromatic carbocycles. The molecule has 32 valence electrons. The minimum absolute atomic E-state index is 0. The zero-order chi connectivity index (χ0) is 4.28. The molecule has 0 fully saturated rings. The maximum atomic E-state index is 9.37. The van der Waals surface area contributed by atoms with Gasteiger partial charge in [0, 0.05) is 0 Å². The Morgan fingerprint density at radius 2 is 2.00 bits per heavy atom. The topological polar surface area (TPSA) is 52.3 Å². The number of amides is 1. The van der Waals surface area contributed by atoms with Crippen LogP contribution in [0.3, 0.4) is 0 Å². The summed E-state index contributed by atoms with van der Waals surface area (Å²) in [5.74, 6) is 0. The summed E-state index contributed by atoms with van der Waals surface area (Å²) in [7, 11) is 1.22. The predicted octanol–water partition coefficient (Wildman–Crippen LogP) is -0.937. The molecular formula is C2H6KNO2. The summed E-state index contributed by atoms with van der Waals surface area (Å²) in [6.45, 7) is 0. The van der Waals surface area contributed by atoms with Crippen molar-refractivity contribution in [2.24, 2.45) is 5.73 Å². The van der Waals surface area contributed by atoms with Gasteiger partial charge < -0.3 is 10.5 Å². The second-order valence-electron chi connectivity index (χ2n) is 0.523. The van der Waals surface area contributed by atoms with Gasteiger partial charge in [-0.15, -0.1) is 0 Å². The molecule has 0 rings (SSSR count). The van der Waals surface area contributed by atoms with Crippen molar-refractivity contribution < 1.29 is 9.53 Å². The van der Waals surface area contributed by atoms with Crippen LogP contribution in [0.5, 0.6) is 0 Å². The van der Waals surface area contributed by atoms with E-state index < -0.39 is 6.09 Å². The first-order chi connectivity index (χ1) is 2.27. The van der Waals surface area contributed by atoms with E-state index in [0.29, 0.717) is 0 Å². The van der Waals surface area contributed by atoms with Crippen LogP contribution in [0.1, 0.15) is 0 Å². The van der Waals surface area contributed by atoms with E-state index in [9.17, 15) is 4.79 Å². The van der Waals surface area contributed by atoms with E-state index in [4.69, 9.17) is 0 Å². The van der Waals surface area contributed by atoms with Gasteiger partial charge in [0.2, 0.25) is 0 Å². The molecule has 0 unspecified atom stereocenters. The van der Waals surface area contributed by atoms with Gasteiger partial charge in [-0.1, -0.05) is 0 Å². The first kappa shape index (κ1) is 10.0. The zero-order valence-corrected chi connectivity index (χ0v) is 2.89. The van der Waals surface area contributed by atoms with Crippen LogP contribution in [-0.4, -0.2) is 64.6 Å². The van der Waals surface area contributed by atoms with E-state index in [-0.39, 0.29) is 51.4 Å². The van der Waals surface area contributed by atoms with Gasteiger partial charge in [0.05, 0.1) is 7.11 Å². The average molecular weight is 115 g/mol. The summed E-state index contributed by atoms with van der Waals surface area (Å²) in [4.78, 5) is 9.37. The number of ether oxygens (including phenoxy) is 1. The Hall–Kier alpha value is 0.906. The summed E-state index contributed by atoms with van der Waals surface area (Å²) in [5, 5.41) is 0. The van der Waals surface area contributed by atoms with E-state index >= 15 is 0 Å². The van der Waals surface area contributed by atoms with E-state index in [0.717, 1.165) is 0 Å². The van der Waals surface area contributed by atoms with Crippen LogP contribution in [0.25, 0.3) is 0 Å². The van der Waals surface area contributed by atoms with Crippen LogP contribution in [0.2, 0.25) is 0 Å². The Morgan fingerprint density at radius 1 is 1.83 bits per heavy atom. The van der Waals surface area contributed by atoms with Gasteiger partial charge in [0.15, 0.2) is 0 Å². The Kier molecular flexibility index (Phi) is 9.85. The van der Waals surface area contributed by atoms with Crippen LogP contribution >= 0.6 is 0 Å². The summed E-state index contributed by atoms with van der Waals surface area (Å²) in [5.41, 5.74) is 4.43. The summed E-state index contributed by atoms with van der Waals surface area (Å²) < 4.78 is 3.89. The Morgan fingerprint density at radius 3 is 2.00 bits per heavy atom. The van der Waals surface area contributed by atoms with E-state index in [1.165, 1.54) is 7.11 Å². The molecule has 0 heterocycles. The molecule has 3 nitrogen and oxygen atoms in total. The van der Waals surface area contributed by atoms with E-state index in [2.05, 4.69) is 10.5 Å². The molecule has 0 aromatic rings. The van der Waals surface area contributed by atoms with Crippen LogP contribution in [0, 0.1) is 0 Å². The molecule has 0 aliphatic rings. The van der Waals surface area contributed by atoms with Crippen molar-refractivity contribution in [3.63, 3.8) is 0 Å². The van der Waals surface area contributed by atoms with Crippen molar-refractivity contribution in [3.8, 4) is 0 Å². The minimum atomic E-state index is -0.745. The molecule has 0 aliphatic heterocycles. The van der Waals surface area contributed by atoms with Gasteiger partial charge >= 0.3 is 57.5 Å². The van der Waals surface area contributed by atoms with Gasteiger partial charge in [0.1, 0.15) is 0 Å². The van der Waals surface area contributed by atoms with Gasteiger partial charge in [0.25, 0.3) is 0 Å². The number of carbonyl (C=O) groups excluding carboxylic acids is 1. The predicted molar refractivity (Wildman–Crippen MR) is 23.7 cm³/mol. The number of methoxy groups -OCH3 is 1. The van der Waals surface area contributed by atoms with Crippen LogP contribution < -0.4 is 5.73 Å². The maximum absolute atomic E-state index is 9.37. The first-order valence-corrected chi connectivity index (χ1v) is 1.11. The number of primary amides is 1. The van der Waals surface area contributed by atoms with Gasteiger partial charge in [-0.2, -0.15) is 0 Å². The molecule has 6 heavy (non-hydrogen) atoms. The van der Waals surface area contributed by atoms with Crippen LogP contribution in [0.15, 0.2) is 0 Å². The molecule has 0 bridgehead atoms. The molecular weight excluding hydrogens is 109 g/mol. The normalized spacial score (nSPS) is 5.50. The fourth-order valence-electron chi connectivity index (χ4n) is 0. The van der Waals surface area contributed by atoms with E-state index in [1.54, 1.807) is 0 Å². The zero-order valence-electron chi connectivity index (χ0n) is 2.89. The molecule has 1 amide bonds. The monoisotopic (exact) mass is 115 g/mol. The van der Waals surface area contributed by atoms with Crippen molar-refractivity contribution in [1.82, 2.24) is 0 Å². The molecule has 0 radical (unpaired) electrons. The third-order valence-electron chi connectivity index (χ3n) is 0.201. The van der Waals surface area contributed by atoms with Crippen molar-refractivity contribution in [2.45, 2.75) is 0 Å². The molecule has 0 saturated heterocycles. The Labute approximate surface area is 78.6 Å². The fourth-order valence-corrected chi connectivity index (χ4v) is 0. The van der Waals surface area contributed by atoms with Crippen molar-refractivity contribution in [3.05, 3.63) is 0 Å². The second-order valence-corrected chi connectivity index (χ2v) is 0.523. The third-order valence-corrected chi connectivity index (χ3v) is 0.201. The standard InChI is InChI=1S/C2H5NO2.K.H/c1-5-2(3)4;;/h1H3,(H2,3,4);;. The van der Waals surface area contributed by atoms with Crippen molar-refractivity contribution in [2.75, 3.05) is 7.11 Å². The average Bonchev–Trinajstić information content (AvgIpc) is 1.38. The van der Waals surface area contributed by atoms with Gasteiger partial charge in [-0.05, 0) is 0 Å². The molecule has 0 spiro atoms. The van der Waals surface area contributed by atoms with Gasteiger partial charge in [-0.25, -0.2) is 4.79 Å². The molecule has 4 heteroatoms.